The molecule has 0 fully saturated rings. The van der Waals surface area contributed by atoms with Crippen LogP contribution in [-0.2, 0) is 0 Å². The predicted octanol–water partition coefficient (Wildman–Crippen LogP) is 17.5. The molecule has 15 rings (SSSR count). The maximum atomic E-state index is 5.24. The number of hydrogen-bond donors (Lipinski definition) is 0. The topological polar surface area (TPSA) is 53.5 Å². The van der Waals surface area contributed by atoms with Gasteiger partial charge in [0.2, 0.25) is 0 Å². The summed E-state index contributed by atoms with van der Waals surface area (Å²) in [6.45, 7) is 0. The van der Waals surface area contributed by atoms with Crippen LogP contribution in [0.2, 0.25) is 0 Å². The molecule has 4 heterocycles. The SMILES string of the molecule is c1ccc(-c2nc(-c3ccccc3)nc(-c3cccc4c3c3cc(-c5ccc6c(c5)c5ccc(-c7ccc8c9ccccc9n(-c9ccccc9)c8c7)cc5n6-c5ccccc5)ccc3n4-c3ccccc3)n2)cc1. The Hall–Kier alpha value is -10.2. The van der Waals surface area contributed by atoms with E-state index in [2.05, 4.69) is 244 Å². The van der Waals surface area contributed by atoms with E-state index < -0.39 is 0 Å². The van der Waals surface area contributed by atoms with Crippen molar-refractivity contribution in [3.63, 3.8) is 0 Å². The lowest BCUT2D eigenvalue weighted by Gasteiger charge is -2.10. The molecule has 0 N–H and O–H groups in total. The van der Waals surface area contributed by atoms with Gasteiger partial charge in [0.15, 0.2) is 17.5 Å². The quantitative estimate of drug-likeness (QED) is 0.152. The van der Waals surface area contributed by atoms with Crippen LogP contribution in [0.4, 0.5) is 0 Å². The average Bonchev–Trinajstić information content (AvgIpc) is 4.14. The Bertz CT molecular complexity index is 4610. The van der Waals surface area contributed by atoms with Crippen molar-refractivity contribution in [2.75, 3.05) is 0 Å². The number of nitrogens with zero attached hydrogens (tertiary/aromatic N) is 6. The van der Waals surface area contributed by atoms with Gasteiger partial charge in [0.1, 0.15) is 0 Å². The molecule has 0 saturated carbocycles. The zero-order chi connectivity index (χ0) is 49.4. The van der Waals surface area contributed by atoms with E-state index in [9.17, 15) is 0 Å². The van der Waals surface area contributed by atoms with Gasteiger partial charge in [0.05, 0.1) is 33.1 Å². The second-order valence-corrected chi connectivity index (χ2v) is 19.2. The lowest BCUT2D eigenvalue weighted by Crippen LogP contribution is -2.00. The van der Waals surface area contributed by atoms with E-state index >= 15 is 0 Å². The van der Waals surface area contributed by atoms with E-state index in [-0.39, 0.29) is 0 Å². The van der Waals surface area contributed by atoms with Crippen molar-refractivity contribution in [3.8, 4) is 73.5 Å². The van der Waals surface area contributed by atoms with Crippen LogP contribution in [-0.4, -0.2) is 28.7 Å². The molecule has 0 aliphatic heterocycles. The predicted molar refractivity (Wildman–Crippen MR) is 310 cm³/mol. The Morgan fingerprint density at radius 3 is 1.13 bits per heavy atom. The number of para-hydroxylation sites is 4. The largest absolute Gasteiger partial charge is 0.309 e. The highest BCUT2D eigenvalue weighted by Gasteiger charge is 2.22. The average molecular weight is 957 g/mol. The summed E-state index contributed by atoms with van der Waals surface area (Å²) in [7, 11) is 0. The Balaban J connectivity index is 0.918. The molecule has 350 valence electrons. The molecule has 0 aliphatic carbocycles. The molecular weight excluding hydrogens is 913 g/mol. The van der Waals surface area contributed by atoms with Crippen LogP contribution in [0.5, 0.6) is 0 Å². The third-order valence-corrected chi connectivity index (χ3v) is 14.9. The number of hydrogen-bond acceptors (Lipinski definition) is 3. The van der Waals surface area contributed by atoms with Crippen molar-refractivity contribution in [2.24, 2.45) is 0 Å². The van der Waals surface area contributed by atoms with E-state index in [1.54, 1.807) is 0 Å². The molecule has 6 nitrogen and oxygen atoms in total. The van der Waals surface area contributed by atoms with Crippen molar-refractivity contribution < 1.29 is 0 Å². The zero-order valence-electron chi connectivity index (χ0n) is 40.6. The molecular formula is C69H44N6. The molecule has 11 aromatic carbocycles. The van der Waals surface area contributed by atoms with Crippen LogP contribution >= 0.6 is 0 Å². The molecule has 75 heavy (non-hydrogen) atoms. The van der Waals surface area contributed by atoms with Gasteiger partial charge < -0.3 is 13.7 Å². The highest BCUT2D eigenvalue weighted by Crippen LogP contribution is 2.43. The van der Waals surface area contributed by atoms with Crippen LogP contribution in [0, 0.1) is 0 Å². The van der Waals surface area contributed by atoms with Crippen molar-refractivity contribution >= 4 is 65.4 Å². The smallest absolute Gasteiger partial charge is 0.164 e. The van der Waals surface area contributed by atoms with Gasteiger partial charge in [0.25, 0.3) is 0 Å². The molecule has 0 spiro atoms. The van der Waals surface area contributed by atoms with E-state index in [4.69, 9.17) is 15.0 Å². The number of fused-ring (bicyclic) bond motifs is 9. The second-order valence-electron chi connectivity index (χ2n) is 19.2. The summed E-state index contributed by atoms with van der Waals surface area (Å²) >= 11 is 0. The lowest BCUT2D eigenvalue weighted by molar-refractivity contribution is 1.08. The molecule has 0 radical (unpaired) electrons. The van der Waals surface area contributed by atoms with Gasteiger partial charge in [-0.1, -0.05) is 182 Å². The van der Waals surface area contributed by atoms with Crippen LogP contribution in [0.3, 0.4) is 0 Å². The molecule has 6 heteroatoms. The van der Waals surface area contributed by atoms with E-state index in [0.29, 0.717) is 17.5 Å². The summed E-state index contributed by atoms with van der Waals surface area (Å²) in [5, 5.41) is 7.07. The summed E-state index contributed by atoms with van der Waals surface area (Å²) in [6.07, 6.45) is 0. The van der Waals surface area contributed by atoms with Gasteiger partial charge in [-0.2, -0.15) is 0 Å². The second kappa shape index (κ2) is 17.3. The minimum absolute atomic E-state index is 0.624. The van der Waals surface area contributed by atoms with Crippen molar-refractivity contribution in [2.45, 2.75) is 0 Å². The standard InChI is InChI=1S/C69H44N6/c1-6-19-45(20-7-1)67-70-68(46-21-8-2-9-22-46)72-69(71-67)57-30-18-32-63-66(57)59-42-48(36-40-62(59)73(63)51-23-10-3-11-24-51)47-35-39-61-58(41-47)56-38-34-50(44-65(56)75(61)53-27-14-5-15-28-53)49-33-37-55-54-29-16-17-31-60(54)74(64(55)43-49)52-25-12-4-13-26-52/h1-44H. The summed E-state index contributed by atoms with van der Waals surface area (Å²) in [6, 6.07) is 95.4. The molecule has 0 bridgehead atoms. The van der Waals surface area contributed by atoms with Gasteiger partial charge in [-0.05, 0) is 107 Å². The van der Waals surface area contributed by atoms with Crippen LogP contribution < -0.4 is 0 Å². The first-order chi connectivity index (χ1) is 37.2. The summed E-state index contributed by atoms with van der Waals surface area (Å²) < 4.78 is 7.17. The summed E-state index contributed by atoms with van der Waals surface area (Å²) in [4.78, 5) is 15.5. The van der Waals surface area contributed by atoms with Crippen molar-refractivity contribution in [1.29, 1.82) is 0 Å². The van der Waals surface area contributed by atoms with Crippen LogP contribution in [0.25, 0.3) is 139 Å². The Morgan fingerprint density at radius 2 is 0.587 bits per heavy atom. The molecule has 0 amide bonds. The fourth-order valence-electron chi connectivity index (χ4n) is 11.5. The van der Waals surface area contributed by atoms with Gasteiger partial charge in [-0.15, -0.1) is 0 Å². The van der Waals surface area contributed by atoms with E-state index in [1.165, 1.54) is 38.1 Å². The molecule has 0 aliphatic rings. The Kier molecular flexibility index (Phi) is 9.78. The number of aromatic nitrogens is 6. The lowest BCUT2D eigenvalue weighted by atomic mass is 9.98. The van der Waals surface area contributed by atoms with Gasteiger partial charge >= 0.3 is 0 Å². The minimum atomic E-state index is 0.624. The molecule has 0 atom stereocenters. The van der Waals surface area contributed by atoms with Crippen LogP contribution in [0.15, 0.2) is 267 Å². The third-order valence-electron chi connectivity index (χ3n) is 14.9. The van der Waals surface area contributed by atoms with E-state index in [1.807, 2.05) is 36.4 Å². The number of rotatable bonds is 8. The first kappa shape index (κ1) is 42.5. The highest BCUT2D eigenvalue weighted by molar-refractivity contribution is 6.17. The maximum absolute atomic E-state index is 5.24. The first-order valence-corrected chi connectivity index (χ1v) is 25.4. The first-order valence-electron chi connectivity index (χ1n) is 25.4. The molecule has 4 aromatic heterocycles. The number of benzene rings is 11. The van der Waals surface area contributed by atoms with Gasteiger partial charge in [-0.3, -0.25) is 0 Å². The summed E-state index contributed by atoms with van der Waals surface area (Å²) in [5.74, 6) is 1.89. The fourth-order valence-corrected chi connectivity index (χ4v) is 11.5. The fraction of sp³-hybridized carbons (Fsp3) is 0. The Labute approximate surface area is 432 Å². The van der Waals surface area contributed by atoms with Crippen molar-refractivity contribution in [1.82, 2.24) is 28.7 Å². The maximum Gasteiger partial charge on any atom is 0.164 e. The highest BCUT2D eigenvalue weighted by atomic mass is 15.0. The molecule has 15 aromatic rings. The molecule has 0 unspecified atom stereocenters. The Morgan fingerprint density at radius 1 is 0.213 bits per heavy atom. The van der Waals surface area contributed by atoms with Crippen molar-refractivity contribution in [3.05, 3.63) is 267 Å². The molecule has 0 saturated heterocycles. The zero-order valence-corrected chi connectivity index (χ0v) is 40.6. The van der Waals surface area contributed by atoms with Crippen LogP contribution in [0.1, 0.15) is 0 Å². The summed E-state index contributed by atoms with van der Waals surface area (Å²) in [5.41, 5.74) is 17.6. The third kappa shape index (κ3) is 6.99. The monoisotopic (exact) mass is 956 g/mol. The van der Waals surface area contributed by atoms with Gasteiger partial charge in [0, 0.05) is 66.1 Å². The van der Waals surface area contributed by atoms with Gasteiger partial charge in [-0.25, -0.2) is 15.0 Å². The van der Waals surface area contributed by atoms with E-state index in [0.717, 1.165) is 83.3 Å². The normalized spacial score (nSPS) is 11.7. The minimum Gasteiger partial charge on any atom is -0.309 e.